The van der Waals surface area contributed by atoms with Gasteiger partial charge in [0.2, 0.25) is 0 Å². The second-order valence-electron chi connectivity index (χ2n) is 3.99. The summed E-state index contributed by atoms with van der Waals surface area (Å²) in [6, 6.07) is 3.23. The molecule has 0 fully saturated rings. The monoisotopic (exact) mass is 253 g/mol. The van der Waals surface area contributed by atoms with Gasteiger partial charge in [0.1, 0.15) is 11.6 Å². The summed E-state index contributed by atoms with van der Waals surface area (Å²) in [5.41, 5.74) is 6.11. The van der Waals surface area contributed by atoms with E-state index in [-0.39, 0.29) is 17.7 Å². The Hall–Kier alpha value is -1.95. The number of benzene rings is 1. The third-order valence-electron chi connectivity index (χ3n) is 2.74. The van der Waals surface area contributed by atoms with E-state index in [1.807, 2.05) is 0 Å². The summed E-state index contributed by atoms with van der Waals surface area (Å²) < 4.78 is 27.8. The largest absolute Gasteiger partial charge is 0.330 e. The molecule has 0 atom stereocenters. The number of nitrogens with two attached hydrogens (primary N) is 1. The van der Waals surface area contributed by atoms with E-state index in [1.54, 1.807) is 0 Å². The number of aromatic nitrogens is 2. The van der Waals surface area contributed by atoms with Crippen LogP contribution in [0.5, 0.6) is 0 Å². The van der Waals surface area contributed by atoms with Crippen molar-refractivity contribution in [3.8, 4) is 11.3 Å². The molecule has 96 valence electrons. The molecule has 4 nitrogen and oxygen atoms in total. The SMILES string of the molecule is Cn1[nH]c(-c2ccc(F)cc2F)c(CCN)c1=O. The van der Waals surface area contributed by atoms with Crippen LogP contribution in [-0.4, -0.2) is 16.3 Å². The van der Waals surface area contributed by atoms with Gasteiger partial charge in [0.05, 0.1) is 5.69 Å². The molecule has 0 aliphatic rings. The number of hydrogen-bond acceptors (Lipinski definition) is 2. The molecule has 6 heteroatoms. The lowest BCUT2D eigenvalue weighted by Gasteiger charge is -2.03. The number of H-pyrrole nitrogens is 1. The van der Waals surface area contributed by atoms with E-state index in [1.165, 1.54) is 17.8 Å². The maximum absolute atomic E-state index is 13.7. The Kier molecular flexibility index (Phi) is 3.29. The zero-order chi connectivity index (χ0) is 13.3. The Morgan fingerprint density at radius 2 is 2.11 bits per heavy atom. The maximum atomic E-state index is 13.7. The van der Waals surface area contributed by atoms with Crippen LogP contribution in [0.4, 0.5) is 8.78 Å². The standard InChI is InChI=1S/C12H13F2N3O/c1-17-12(18)9(4-5-15)11(16-17)8-3-2-7(13)6-10(8)14/h2-3,6,16H,4-5,15H2,1H3. The lowest BCUT2D eigenvalue weighted by molar-refractivity contribution is 0.585. The molecule has 0 unspecified atom stereocenters. The Labute approximate surface area is 102 Å². The minimum Gasteiger partial charge on any atom is -0.330 e. The molecule has 1 heterocycles. The molecule has 0 saturated carbocycles. The quantitative estimate of drug-likeness (QED) is 0.862. The van der Waals surface area contributed by atoms with E-state index in [2.05, 4.69) is 5.10 Å². The van der Waals surface area contributed by atoms with Crippen molar-refractivity contribution in [3.63, 3.8) is 0 Å². The van der Waals surface area contributed by atoms with Gasteiger partial charge >= 0.3 is 0 Å². The molecule has 2 rings (SSSR count). The van der Waals surface area contributed by atoms with Crippen molar-refractivity contribution in [1.82, 2.24) is 9.78 Å². The van der Waals surface area contributed by atoms with Gasteiger partial charge in [-0.2, -0.15) is 0 Å². The van der Waals surface area contributed by atoms with Crippen molar-refractivity contribution < 1.29 is 8.78 Å². The molecule has 0 amide bonds. The van der Waals surface area contributed by atoms with Gasteiger partial charge in [-0.25, -0.2) is 8.78 Å². The van der Waals surface area contributed by atoms with E-state index >= 15 is 0 Å². The molecule has 0 radical (unpaired) electrons. The molecular weight excluding hydrogens is 240 g/mol. The molecule has 1 aromatic carbocycles. The maximum Gasteiger partial charge on any atom is 0.270 e. The first kappa shape index (κ1) is 12.5. The molecule has 0 spiro atoms. The van der Waals surface area contributed by atoms with E-state index < -0.39 is 11.6 Å². The van der Waals surface area contributed by atoms with Crippen molar-refractivity contribution in [2.24, 2.45) is 12.8 Å². The molecule has 2 aromatic rings. The van der Waals surface area contributed by atoms with E-state index in [0.29, 0.717) is 17.7 Å². The second kappa shape index (κ2) is 4.73. The summed E-state index contributed by atoms with van der Waals surface area (Å²) in [5.74, 6) is -1.37. The van der Waals surface area contributed by atoms with Crippen molar-refractivity contribution in [2.45, 2.75) is 6.42 Å². The van der Waals surface area contributed by atoms with Crippen molar-refractivity contribution in [1.29, 1.82) is 0 Å². The number of hydrogen-bond donors (Lipinski definition) is 2. The Morgan fingerprint density at radius 3 is 2.72 bits per heavy atom. The molecule has 3 N–H and O–H groups in total. The molecule has 1 aromatic heterocycles. The average molecular weight is 253 g/mol. The lowest BCUT2D eigenvalue weighted by atomic mass is 10.1. The predicted molar refractivity (Wildman–Crippen MR) is 64.1 cm³/mol. The molecule has 0 bridgehead atoms. The summed E-state index contributed by atoms with van der Waals surface area (Å²) in [6.45, 7) is 0.281. The summed E-state index contributed by atoms with van der Waals surface area (Å²) >= 11 is 0. The fraction of sp³-hybridized carbons (Fsp3) is 0.250. The number of rotatable bonds is 3. The van der Waals surface area contributed by atoms with Crippen LogP contribution in [0.15, 0.2) is 23.0 Å². The highest BCUT2D eigenvalue weighted by Gasteiger charge is 2.16. The van der Waals surface area contributed by atoms with E-state index in [0.717, 1.165) is 12.1 Å². The van der Waals surface area contributed by atoms with Gasteiger partial charge in [-0.1, -0.05) is 0 Å². The smallest absolute Gasteiger partial charge is 0.270 e. The van der Waals surface area contributed by atoms with Crippen molar-refractivity contribution in [2.75, 3.05) is 6.54 Å². The fourth-order valence-corrected chi connectivity index (χ4v) is 1.89. The molecule has 0 aliphatic heterocycles. The summed E-state index contributed by atoms with van der Waals surface area (Å²) in [4.78, 5) is 11.8. The second-order valence-corrected chi connectivity index (χ2v) is 3.99. The third kappa shape index (κ3) is 2.06. The number of nitrogens with zero attached hydrogens (tertiary/aromatic N) is 1. The summed E-state index contributed by atoms with van der Waals surface area (Å²) in [5, 5.41) is 2.76. The normalized spacial score (nSPS) is 10.9. The molecule has 0 saturated heterocycles. The Morgan fingerprint density at radius 1 is 1.39 bits per heavy atom. The van der Waals surface area contributed by atoms with Crippen LogP contribution in [0.2, 0.25) is 0 Å². The van der Waals surface area contributed by atoms with Crippen LogP contribution < -0.4 is 11.3 Å². The van der Waals surface area contributed by atoms with Gasteiger partial charge in [0, 0.05) is 24.2 Å². The first-order valence-electron chi connectivity index (χ1n) is 5.48. The Balaban J connectivity index is 2.63. The third-order valence-corrected chi connectivity index (χ3v) is 2.74. The fourth-order valence-electron chi connectivity index (χ4n) is 1.89. The van der Waals surface area contributed by atoms with Crippen LogP contribution in [0, 0.1) is 11.6 Å². The van der Waals surface area contributed by atoms with E-state index in [9.17, 15) is 13.6 Å². The van der Waals surface area contributed by atoms with Crippen LogP contribution in [0.1, 0.15) is 5.56 Å². The molecule has 0 aliphatic carbocycles. The predicted octanol–water partition coefficient (Wildman–Crippen LogP) is 1.16. The summed E-state index contributed by atoms with van der Waals surface area (Å²) in [6.07, 6.45) is 0.336. The highest BCUT2D eigenvalue weighted by Crippen LogP contribution is 2.23. The van der Waals surface area contributed by atoms with Crippen LogP contribution in [0.25, 0.3) is 11.3 Å². The zero-order valence-electron chi connectivity index (χ0n) is 9.84. The highest BCUT2D eigenvalue weighted by molar-refractivity contribution is 5.63. The minimum absolute atomic E-state index is 0.164. The average Bonchev–Trinajstić information content (AvgIpc) is 2.58. The highest BCUT2D eigenvalue weighted by atomic mass is 19.1. The van der Waals surface area contributed by atoms with Gasteiger partial charge in [-0.15, -0.1) is 0 Å². The van der Waals surface area contributed by atoms with Crippen LogP contribution in [0.3, 0.4) is 0 Å². The van der Waals surface area contributed by atoms with Gasteiger partial charge in [-0.3, -0.25) is 14.6 Å². The number of aryl methyl sites for hydroxylation is 1. The summed E-state index contributed by atoms with van der Waals surface area (Å²) in [7, 11) is 1.53. The number of halogens is 2. The first-order valence-corrected chi connectivity index (χ1v) is 5.48. The van der Waals surface area contributed by atoms with Gasteiger partial charge < -0.3 is 5.73 Å². The van der Waals surface area contributed by atoms with Crippen molar-refractivity contribution in [3.05, 3.63) is 45.8 Å². The van der Waals surface area contributed by atoms with E-state index in [4.69, 9.17) is 5.73 Å². The van der Waals surface area contributed by atoms with Crippen molar-refractivity contribution >= 4 is 0 Å². The van der Waals surface area contributed by atoms with Gasteiger partial charge in [0.15, 0.2) is 0 Å². The zero-order valence-corrected chi connectivity index (χ0v) is 9.84. The van der Waals surface area contributed by atoms with Crippen LogP contribution >= 0.6 is 0 Å². The first-order chi connectivity index (χ1) is 8.54. The number of nitrogens with one attached hydrogen (secondary N) is 1. The van der Waals surface area contributed by atoms with Crippen LogP contribution in [-0.2, 0) is 13.5 Å². The van der Waals surface area contributed by atoms with Gasteiger partial charge in [-0.05, 0) is 25.1 Å². The number of aromatic amines is 1. The lowest BCUT2D eigenvalue weighted by Crippen LogP contribution is -2.17. The molecule has 18 heavy (non-hydrogen) atoms. The van der Waals surface area contributed by atoms with Gasteiger partial charge in [0.25, 0.3) is 5.56 Å². The Bertz CT molecular complexity index is 631. The minimum atomic E-state index is -0.713. The topological polar surface area (TPSA) is 63.8 Å². The molecular formula is C12H13F2N3O.